The third kappa shape index (κ3) is 2.70. The molecule has 6 heteroatoms. The van der Waals surface area contributed by atoms with Crippen molar-refractivity contribution in [3.63, 3.8) is 0 Å². The zero-order valence-corrected chi connectivity index (χ0v) is 9.26. The van der Waals surface area contributed by atoms with Crippen molar-refractivity contribution >= 4 is 17.6 Å². The summed E-state index contributed by atoms with van der Waals surface area (Å²) in [6.07, 6.45) is 4.32. The van der Waals surface area contributed by atoms with Crippen molar-refractivity contribution in [3.8, 4) is 11.6 Å². The minimum absolute atomic E-state index is 0.00377. The number of hydrogen-bond donors (Lipinski definition) is 1. The number of carboxylic acid groups (broad SMARTS) is 1. The highest BCUT2D eigenvalue weighted by atomic mass is 35.5. The number of carboxylic acids is 1. The zero-order valence-electron chi connectivity index (χ0n) is 8.50. The van der Waals surface area contributed by atoms with Gasteiger partial charge in [-0.05, 0) is 12.1 Å². The van der Waals surface area contributed by atoms with Gasteiger partial charge in [-0.15, -0.1) is 0 Å². The molecule has 2 aromatic rings. The predicted molar refractivity (Wildman–Crippen MR) is 60.5 cm³/mol. The monoisotopic (exact) mass is 250 g/mol. The molecule has 0 aliphatic heterocycles. The Labute approximate surface area is 102 Å². The standard InChI is InChI=1S/C11H7ClN2O3/c12-7-4-8(6-13-5-7)17-10-9(11(15)16)2-1-3-14-10/h1-6H,(H,15,16). The fourth-order valence-corrected chi connectivity index (χ4v) is 1.36. The molecule has 0 aliphatic carbocycles. The van der Waals surface area contributed by atoms with Gasteiger partial charge in [-0.1, -0.05) is 11.6 Å². The molecule has 1 N–H and O–H groups in total. The van der Waals surface area contributed by atoms with Crippen molar-refractivity contribution in [2.24, 2.45) is 0 Å². The van der Waals surface area contributed by atoms with Crippen LogP contribution in [-0.2, 0) is 0 Å². The van der Waals surface area contributed by atoms with E-state index in [9.17, 15) is 4.79 Å². The van der Waals surface area contributed by atoms with Crippen molar-refractivity contribution < 1.29 is 14.6 Å². The molecular weight excluding hydrogens is 244 g/mol. The fraction of sp³-hybridized carbons (Fsp3) is 0. The van der Waals surface area contributed by atoms with Gasteiger partial charge in [0.1, 0.15) is 11.3 Å². The Morgan fingerprint density at radius 1 is 1.41 bits per heavy atom. The van der Waals surface area contributed by atoms with Gasteiger partial charge in [-0.2, -0.15) is 0 Å². The van der Waals surface area contributed by atoms with E-state index in [0.717, 1.165) is 0 Å². The van der Waals surface area contributed by atoms with Gasteiger partial charge in [-0.3, -0.25) is 4.98 Å². The lowest BCUT2D eigenvalue weighted by molar-refractivity contribution is 0.0693. The summed E-state index contributed by atoms with van der Waals surface area (Å²) < 4.78 is 5.31. The van der Waals surface area contributed by atoms with E-state index >= 15 is 0 Å². The molecule has 86 valence electrons. The summed E-state index contributed by atoms with van der Waals surface area (Å²) in [6, 6.07) is 4.45. The van der Waals surface area contributed by atoms with E-state index in [0.29, 0.717) is 10.8 Å². The molecule has 0 fully saturated rings. The van der Waals surface area contributed by atoms with E-state index in [2.05, 4.69) is 9.97 Å². The second kappa shape index (κ2) is 4.80. The van der Waals surface area contributed by atoms with Crippen molar-refractivity contribution in [2.45, 2.75) is 0 Å². The third-order valence-electron chi connectivity index (χ3n) is 1.90. The number of carbonyl (C=O) groups is 1. The molecular formula is C11H7ClN2O3. The van der Waals surface area contributed by atoms with E-state index in [1.807, 2.05) is 0 Å². The molecule has 0 atom stereocenters. The van der Waals surface area contributed by atoms with Crippen molar-refractivity contribution in [3.05, 3.63) is 47.4 Å². The molecule has 2 heterocycles. The van der Waals surface area contributed by atoms with Crippen LogP contribution in [0, 0.1) is 0 Å². The normalized spacial score (nSPS) is 9.94. The zero-order chi connectivity index (χ0) is 12.3. The first-order valence-electron chi connectivity index (χ1n) is 4.63. The summed E-state index contributed by atoms with van der Waals surface area (Å²) in [6.45, 7) is 0. The Bertz CT molecular complexity index is 560. The minimum atomic E-state index is -1.11. The third-order valence-corrected chi connectivity index (χ3v) is 2.10. The lowest BCUT2D eigenvalue weighted by atomic mass is 10.3. The molecule has 0 saturated carbocycles. The number of halogens is 1. The molecule has 0 spiro atoms. The van der Waals surface area contributed by atoms with Gasteiger partial charge in [0, 0.05) is 18.5 Å². The molecule has 2 rings (SSSR count). The number of nitrogens with zero attached hydrogens (tertiary/aromatic N) is 2. The fourth-order valence-electron chi connectivity index (χ4n) is 1.19. The van der Waals surface area contributed by atoms with Gasteiger partial charge in [-0.25, -0.2) is 9.78 Å². The predicted octanol–water partition coefficient (Wildman–Crippen LogP) is 2.62. The number of ether oxygens (including phenoxy) is 1. The molecule has 0 radical (unpaired) electrons. The van der Waals surface area contributed by atoms with Crippen LogP contribution in [0.4, 0.5) is 0 Å². The SMILES string of the molecule is O=C(O)c1cccnc1Oc1cncc(Cl)c1. The molecule has 17 heavy (non-hydrogen) atoms. The summed E-state index contributed by atoms with van der Waals surface area (Å²) in [7, 11) is 0. The van der Waals surface area contributed by atoms with Crippen LogP contribution in [0.3, 0.4) is 0 Å². The Morgan fingerprint density at radius 2 is 2.24 bits per heavy atom. The summed E-state index contributed by atoms with van der Waals surface area (Å²) in [5, 5.41) is 9.34. The Morgan fingerprint density at radius 3 is 2.94 bits per heavy atom. The van der Waals surface area contributed by atoms with Crippen molar-refractivity contribution in [1.29, 1.82) is 0 Å². The number of pyridine rings is 2. The molecule has 0 unspecified atom stereocenters. The number of aromatic carboxylic acids is 1. The van der Waals surface area contributed by atoms with Gasteiger partial charge in [0.25, 0.3) is 0 Å². The lowest BCUT2D eigenvalue weighted by Gasteiger charge is -2.06. The van der Waals surface area contributed by atoms with E-state index in [1.54, 1.807) is 0 Å². The van der Waals surface area contributed by atoms with E-state index in [4.69, 9.17) is 21.4 Å². The summed E-state index contributed by atoms with van der Waals surface area (Å²) in [5.74, 6) is -0.772. The van der Waals surface area contributed by atoms with Gasteiger partial charge < -0.3 is 9.84 Å². The Kier molecular flexibility index (Phi) is 3.20. The van der Waals surface area contributed by atoms with Gasteiger partial charge in [0.15, 0.2) is 0 Å². The topological polar surface area (TPSA) is 72.3 Å². The highest BCUT2D eigenvalue weighted by Crippen LogP contribution is 2.24. The van der Waals surface area contributed by atoms with Crippen LogP contribution in [0.15, 0.2) is 36.8 Å². The maximum Gasteiger partial charge on any atom is 0.341 e. The smallest absolute Gasteiger partial charge is 0.341 e. The molecule has 0 saturated heterocycles. The largest absolute Gasteiger partial charge is 0.477 e. The Hall–Kier alpha value is -2.14. The van der Waals surface area contributed by atoms with E-state index in [-0.39, 0.29) is 11.4 Å². The molecule has 0 aromatic carbocycles. The number of aromatic nitrogens is 2. The van der Waals surface area contributed by atoms with Gasteiger partial charge in [0.05, 0.1) is 11.2 Å². The van der Waals surface area contributed by atoms with Crippen molar-refractivity contribution in [1.82, 2.24) is 9.97 Å². The molecule has 0 aliphatic rings. The first-order valence-corrected chi connectivity index (χ1v) is 5.01. The van der Waals surface area contributed by atoms with Crippen LogP contribution in [0.5, 0.6) is 11.6 Å². The van der Waals surface area contributed by atoms with Crippen LogP contribution in [0.2, 0.25) is 5.02 Å². The van der Waals surface area contributed by atoms with Crippen molar-refractivity contribution in [2.75, 3.05) is 0 Å². The lowest BCUT2D eigenvalue weighted by Crippen LogP contribution is -2.01. The second-order valence-corrected chi connectivity index (χ2v) is 3.54. The van der Waals surface area contributed by atoms with Crippen LogP contribution in [0.25, 0.3) is 0 Å². The van der Waals surface area contributed by atoms with Crippen LogP contribution < -0.4 is 4.74 Å². The number of hydrogen-bond acceptors (Lipinski definition) is 4. The average Bonchev–Trinajstić information content (AvgIpc) is 2.29. The first kappa shape index (κ1) is 11.3. The highest BCUT2D eigenvalue weighted by Gasteiger charge is 2.12. The summed E-state index contributed by atoms with van der Waals surface area (Å²) in [4.78, 5) is 18.6. The molecule has 2 aromatic heterocycles. The van der Waals surface area contributed by atoms with Crippen LogP contribution in [0.1, 0.15) is 10.4 Å². The molecule has 5 nitrogen and oxygen atoms in total. The van der Waals surface area contributed by atoms with Crippen LogP contribution in [-0.4, -0.2) is 21.0 Å². The summed E-state index contributed by atoms with van der Waals surface area (Å²) in [5.41, 5.74) is -0.0209. The summed E-state index contributed by atoms with van der Waals surface area (Å²) >= 11 is 5.73. The second-order valence-electron chi connectivity index (χ2n) is 3.10. The van der Waals surface area contributed by atoms with E-state index in [1.165, 1.54) is 36.8 Å². The quantitative estimate of drug-likeness (QED) is 0.907. The Balaban J connectivity index is 2.33. The molecule has 0 bridgehead atoms. The van der Waals surface area contributed by atoms with Gasteiger partial charge in [0.2, 0.25) is 5.88 Å². The first-order chi connectivity index (χ1) is 8.16. The molecule has 0 amide bonds. The van der Waals surface area contributed by atoms with E-state index < -0.39 is 5.97 Å². The van der Waals surface area contributed by atoms with Gasteiger partial charge >= 0.3 is 5.97 Å². The average molecular weight is 251 g/mol. The maximum absolute atomic E-state index is 10.9. The van der Waals surface area contributed by atoms with Crippen LogP contribution >= 0.6 is 11.6 Å². The maximum atomic E-state index is 10.9. The number of rotatable bonds is 3. The highest BCUT2D eigenvalue weighted by molar-refractivity contribution is 6.30. The minimum Gasteiger partial charge on any atom is -0.477 e.